The minimum atomic E-state index is -0.524. The van der Waals surface area contributed by atoms with Gasteiger partial charge < -0.3 is 11.1 Å². The summed E-state index contributed by atoms with van der Waals surface area (Å²) in [6.45, 7) is 5.99. The van der Waals surface area contributed by atoms with Gasteiger partial charge in [-0.05, 0) is 38.5 Å². The third-order valence-electron chi connectivity index (χ3n) is 2.84. The second-order valence-corrected chi connectivity index (χ2v) is 5.75. The average molecular weight is 299 g/mol. The van der Waals surface area contributed by atoms with E-state index < -0.39 is 5.41 Å². The van der Waals surface area contributed by atoms with Crippen LogP contribution in [0.25, 0.3) is 0 Å². The molecule has 0 radical (unpaired) electrons. The molecule has 0 fully saturated rings. The van der Waals surface area contributed by atoms with Crippen molar-refractivity contribution in [3.63, 3.8) is 0 Å². The van der Waals surface area contributed by atoms with Gasteiger partial charge in [0.15, 0.2) is 0 Å². The number of hydrogen-bond acceptors (Lipinski definition) is 2. The minimum Gasteiger partial charge on any atom is -0.349 e. The molecule has 4 heteroatoms. The van der Waals surface area contributed by atoms with Crippen LogP contribution in [-0.4, -0.2) is 12.5 Å². The molecule has 0 bridgehead atoms. The van der Waals surface area contributed by atoms with E-state index >= 15 is 0 Å². The molecular weight excluding hydrogens is 280 g/mol. The summed E-state index contributed by atoms with van der Waals surface area (Å²) < 4.78 is 1.03. The zero-order valence-electron chi connectivity index (χ0n) is 10.5. The summed E-state index contributed by atoms with van der Waals surface area (Å²) in [5, 5.41) is 2.97. The molecule has 94 valence electrons. The van der Waals surface area contributed by atoms with Crippen LogP contribution < -0.4 is 11.1 Å². The van der Waals surface area contributed by atoms with E-state index in [2.05, 4.69) is 21.2 Å². The van der Waals surface area contributed by atoms with Gasteiger partial charge in [0.05, 0.1) is 11.5 Å². The molecule has 1 aromatic carbocycles. The van der Waals surface area contributed by atoms with Crippen molar-refractivity contribution in [3.05, 3.63) is 34.3 Å². The highest BCUT2D eigenvalue weighted by molar-refractivity contribution is 9.10. The molecule has 1 atom stereocenters. The predicted molar refractivity (Wildman–Crippen MR) is 73.5 cm³/mol. The van der Waals surface area contributed by atoms with Crippen LogP contribution in [0.3, 0.4) is 0 Å². The molecule has 0 spiro atoms. The van der Waals surface area contributed by atoms with Crippen LogP contribution in [0.15, 0.2) is 28.7 Å². The van der Waals surface area contributed by atoms with Crippen LogP contribution in [0.4, 0.5) is 0 Å². The first-order valence-electron chi connectivity index (χ1n) is 5.63. The van der Waals surface area contributed by atoms with E-state index in [-0.39, 0.29) is 11.9 Å². The van der Waals surface area contributed by atoms with E-state index in [0.29, 0.717) is 6.54 Å². The Balaban J connectivity index is 2.70. The van der Waals surface area contributed by atoms with Gasteiger partial charge in [0, 0.05) is 11.0 Å². The van der Waals surface area contributed by atoms with Gasteiger partial charge in [-0.3, -0.25) is 4.79 Å². The Labute approximate surface area is 111 Å². The molecule has 0 aliphatic carbocycles. The van der Waals surface area contributed by atoms with Gasteiger partial charge in [-0.25, -0.2) is 0 Å². The molecule has 3 nitrogen and oxygen atoms in total. The number of nitrogens with two attached hydrogens (primary N) is 1. The molecule has 0 saturated heterocycles. The van der Waals surface area contributed by atoms with Crippen LogP contribution in [0.2, 0.25) is 0 Å². The zero-order valence-corrected chi connectivity index (χ0v) is 12.0. The van der Waals surface area contributed by atoms with Crippen molar-refractivity contribution in [3.8, 4) is 0 Å². The zero-order chi connectivity index (χ0) is 13.1. The van der Waals surface area contributed by atoms with E-state index in [1.165, 1.54) is 0 Å². The number of hydrogen-bond donors (Lipinski definition) is 2. The number of carbonyl (C=O) groups is 1. The standard InChI is InChI=1S/C13H19BrN2O/c1-9(10-4-6-11(14)7-5-10)16-12(17)13(2,3)8-15/h4-7,9H,8,15H2,1-3H3,(H,16,17). The number of nitrogens with one attached hydrogen (secondary N) is 1. The molecular formula is C13H19BrN2O. The van der Waals surface area contributed by atoms with Crippen LogP contribution in [-0.2, 0) is 4.79 Å². The molecule has 0 aromatic heterocycles. The number of carbonyl (C=O) groups excluding carboxylic acids is 1. The summed E-state index contributed by atoms with van der Waals surface area (Å²) in [7, 11) is 0. The Morgan fingerprint density at radius 3 is 2.41 bits per heavy atom. The Morgan fingerprint density at radius 1 is 1.41 bits per heavy atom. The van der Waals surface area contributed by atoms with Crippen molar-refractivity contribution in [1.29, 1.82) is 0 Å². The minimum absolute atomic E-state index is 0.0126. The maximum atomic E-state index is 11.9. The largest absolute Gasteiger partial charge is 0.349 e. The van der Waals surface area contributed by atoms with Gasteiger partial charge in [-0.2, -0.15) is 0 Å². The molecule has 1 aromatic rings. The number of halogens is 1. The first kappa shape index (κ1) is 14.2. The third kappa shape index (κ3) is 3.82. The van der Waals surface area contributed by atoms with Crippen molar-refractivity contribution in [2.24, 2.45) is 11.1 Å². The topological polar surface area (TPSA) is 55.1 Å². The number of rotatable bonds is 4. The van der Waals surface area contributed by atoms with Crippen molar-refractivity contribution in [2.45, 2.75) is 26.8 Å². The number of amides is 1. The highest BCUT2D eigenvalue weighted by atomic mass is 79.9. The fourth-order valence-corrected chi connectivity index (χ4v) is 1.58. The lowest BCUT2D eigenvalue weighted by Crippen LogP contribution is -2.42. The fraction of sp³-hybridized carbons (Fsp3) is 0.462. The highest BCUT2D eigenvalue weighted by Crippen LogP contribution is 2.19. The van der Waals surface area contributed by atoms with Crippen molar-refractivity contribution in [2.75, 3.05) is 6.54 Å². The Bertz CT molecular complexity index is 387. The van der Waals surface area contributed by atoms with Crippen molar-refractivity contribution >= 4 is 21.8 Å². The lowest BCUT2D eigenvalue weighted by molar-refractivity contribution is -0.129. The van der Waals surface area contributed by atoms with Gasteiger partial charge >= 0.3 is 0 Å². The molecule has 3 N–H and O–H groups in total. The Hall–Kier alpha value is -0.870. The van der Waals surface area contributed by atoms with Gasteiger partial charge in [-0.1, -0.05) is 28.1 Å². The lowest BCUT2D eigenvalue weighted by Gasteiger charge is -2.24. The summed E-state index contributed by atoms with van der Waals surface area (Å²) in [5.41, 5.74) is 6.13. The molecule has 0 heterocycles. The smallest absolute Gasteiger partial charge is 0.227 e. The molecule has 0 saturated carbocycles. The van der Waals surface area contributed by atoms with E-state index in [0.717, 1.165) is 10.0 Å². The highest BCUT2D eigenvalue weighted by Gasteiger charge is 2.26. The lowest BCUT2D eigenvalue weighted by atomic mass is 9.92. The average Bonchev–Trinajstić information content (AvgIpc) is 2.29. The summed E-state index contributed by atoms with van der Waals surface area (Å²) >= 11 is 3.38. The first-order chi connectivity index (χ1) is 7.86. The summed E-state index contributed by atoms with van der Waals surface area (Å²) in [6, 6.07) is 7.90. The molecule has 0 aliphatic heterocycles. The van der Waals surface area contributed by atoms with E-state index in [1.54, 1.807) is 0 Å². The Kier molecular flexibility index (Phi) is 4.71. The predicted octanol–water partition coefficient (Wildman–Crippen LogP) is 2.61. The quantitative estimate of drug-likeness (QED) is 0.898. The van der Waals surface area contributed by atoms with Crippen LogP contribution in [0.1, 0.15) is 32.4 Å². The van der Waals surface area contributed by atoms with Crippen molar-refractivity contribution < 1.29 is 4.79 Å². The normalized spacial score (nSPS) is 13.2. The van der Waals surface area contributed by atoms with E-state index in [4.69, 9.17) is 5.73 Å². The fourth-order valence-electron chi connectivity index (χ4n) is 1.32. The third-order valence-corrected chi connectivity index (χ3v) is 3.37. The summed E-state index contributed by atoms with van der Waals surface area (Å²) in [6.07, 6.45) is 0. The van der Waals surface area contributed by atoms with E-state index in [9.17, 15) is 4.79 Å². The van der Waals surface area contributed by atoms with Gasteiger partial charge in [0.2, 0.25) is 5.91 Å². The SMILES string of the molecule is CC(NC(=O)C(C)(C)CN)c1ccc(Br)cc1. The molecule has 1 unspecified atom stereocenters. The van der Waals surface area contributed by atoms with Crippen LogP contribution >= 0.6 is 15.9 Å². The van der Waals surface area contributed by atoms with Gasteiger partial charge in [0.1, 0.15) is 0 Å². The van der Waals surface area contributed by atoms with Crippen LogP contribution in [0, 0.1) is 5.41 Å². The summed E-state index contributed by atoms with van der Waals surface area (Å²) in [5.74, 6) is -0.0181. The Morgan fingerprint density at radius 2 is 1.94 bits per heavy atom. The van der Waals surface area contributed by atoms with Crippen LogP contribution in [0.5, 0.6) is 0 Å². The second kappa shape index (κ2) is 5.65. The maximum Gasteiger partial charge on any atom is 0.227 e. The summed E-state index contributed by atoms with van der Waals surface area (Å²) in [4.78, 5) is 11.9. The molecule has 1 amide bonds. The van der Waals surface area contributed by atoms with Gasteiger partial charge in [0.25, 0.3) is 0 Å². The monoisotopic (exact) mass is 298 g/mol. The van der Waals surface area contributed by atoms with Crippen molar-refractivity contribution in [1.82, 2.24) is 5.32 Å². The number of benzene rings is 1. The first-order valence-corrected chi connectivity index (χ1v) is 6.42. The second-order valence-electron chi connectivity index (χ2n) is 4.83. The molecule has 1 rings (SSSR count). The molecule has 0 aliphatic rings. The van der Waals surface area contributed by atoms with Gasteiger partial charge in [-0.15, -0.1) is 0 Å². The molecule has 17 heavy (non-hydrogen) atoms. The van der Waals surface area contributed by atoms with E-state index in [1.807, 2.05) is 45.0 Å². The maximum absolute atomic E-state index is 11.9.